The smallest absolute Gasteiger partial charge is 0.244 e. The van der Waals surface area contributed by atoms with E-state index in [9.17, 15) is 4.79 Å². The third-order valence-corrected chi connectivity index (χ3v) is 3.51. The Labute approximate surface area is 132 Å². The number of aromatic nitrogens is 2. The van der Waals surface area contributed by atoms with Crippen LogP contribution in [0.1, 0.15) is 5.56 Å². The molecule has 0 unspecified atom stereocenters. The summed E-state index contributed by atoms with van der Waals surface area (Å²) in [5.41, 5.74) is 8.77. The van der Waals surface area contributed by atoms with Gasteiger partial charge in [-0.2, -0.15) is 0 Å². The maximum absolute atomic E-state index is 12.2. The van der Waals surface area contributed by atoms with E-state index in [2.05, 4.69) is 10.3 Å². The van der Waals surface area contributed by atoms with Gasteiger partial charge in [0, 0.05) is 11.3 Å². The van der Waals surface area contributed by atoms with Crippen LogP contribution in [0.3, 0.4) is 0 Å². The lowest BCUT2D eigenvalue weighted by Crippen LogP contribution is -2.18. The first-order valence-electron chi connectivity index (χ1n) is 6.73. The predicted molar refractivity (Wildman–Crippen MR) is 90.7 cm³/mol. The molecule has 22 heavy (non-hydrogen) atoms. The van der Waals surface area contributed by atoms with E-state index in [4.69, 9.17) is 18.0 Å². The molecule has 0 aliphatic rings. The molecule has 1 aromatic heterocycles. The Kier molecular flexibility index (Phi) is 3.84. The number of nitrogens with two attached hydrogens (primary N) is 1. The minimum absolute atomic E-state index is 0.136. The summed E-state index contributed by atoms with van der Waals surface area (Å²) >= 11 is 4.93. The molecule has 0 radical (unpaired) electrons. The van der Waals surface area contributed by atoms with Crippen molar-refractivity contribution in [1.82, 2.24) is 9.55 Å². The van der Waals surface area contributed by atoms with Gasteiger partial charge in [0.2, 0.25) is 5.91 Å². The number of imidazole rings is 1. The number of rotatable bonds is 4. The van der Waals surface area contributed by atoms with Crippen molar-refractivity contribution in [3.05, 3.63) is 60.4 Å². The van der Waals surface area contributed by atoms with E-state index in [1.54, 1.807) is 30.6 Å². The van der Waals surface area contributed by atoms with Crippen molar-refractivity contribution < 1.29 is 4.79 Å². The fourth-order valence-electron chi connectivity index (χ4n) is 2.24. The SMILES string of the molecule is NC(=S)c1cccc(NC(=O)Cn2cnc3ccccc32)c1. The molecule has 6 heteroatoms. The van der Waals surface area contributed by atoms with Crippen molar-refractivity contribution >= 4 is 39.8 Å². The van der Waals surface area contributed by atoms with Crippen molar-refractivity contribution in [2.45, 2.75) is 6.54 Å². The van der Waals surface area contributed by atoms with Crippen molar-refractivity contribution in [3.8, 4) is 0 Å². The molecule has 0 fully saturated rings. The maximum atomic E-state index is 12.2. The molecule has 0 bridgehead atoms. The Hall–Kier alpha value is -2.73. The molecule has 0 saturated heterocycles. The molecule has 1 heterocycles. The van der Waals surface area contributed by atoms with Crippen LogP contribution in [0, 0.1) is 0 Å². The topological polar surface area (TPSA) is 72.9 Å². The minimum atomic E-state index is -0.136. The number of para-hydroxylation sites is 2. The molecule has 0 atom stereocenters. The standard InChI is InChI=1S/C16H14N4OS/c17-16(22)11-4-3-5-12(8-11)19-15(21)9-20-10-18-13-6-1-2-7-14(13)20/h1-8,10H,9H2,(H2,17,22)(H,19,21). The first-order valence-corrected chi connectivity index (χ1v) is 7.14. The van der Waals surface area contributed by atoms with Crippen LogP contribution < -0.4 is 11.1 Å². The summed E-state index contributed by atoms with van der Waals surface area (Å²) in [6.07, 6.45) is 1.66. The minimum Gasteiger partial charge on any atom is -0.389 e. The summed E-state index contributed by atoms with van der Waals surface area (Å²) in [5, 5.41) is 2.84. The molecule has 0 saturated carbocycles. The van der Waals surface area contributed by atoms with Crippen molar-refractivity contribution in [2.24, 2.45) is 5.73 Å². The Morgan fingerprint density at radius 2 is 2.05 bits per heavy atom. The number of anilines is 1. The second kappa shape index (κ2) is 5.95. The molecule has 3 rings (SSSR count). The van der Waals surface area contributed by atoms with Gasteiger partial charge in [0.1, 0.15) is 11.5 Å². The van der Waals surface area contributed by atoms with Crippen LogP contribution in [-0.2, 0) is 11.3 Å². The lowest BCUT2D eigenvalue weighted by Gasteiger charge is -2.08. The second-order valence-corrected chi connectivity index (χ2v) is 5.29. The van der Waals surface area contributed by atoms with Crippen LogP contribution in [-0.4, -0.2) is 20.4 Å². The van der Waals surface area contributed by atoms with Gasteiger partial charge in [-0.15, -0.1) is 0 Å². The first kappa shape index (κ1) is 14.2. The summed E-state index contributed by atoms with van der Waals surface area (Å²) in [4.78, 5) is 16.7. The van der Waals surface area contributed by atoms with Gasteiger partial charge in [-0.3, -0.25) is 4.79 Å². The Morgan fingerprint density at radius 3 is 2.86 bits per heavy atom. The van der Waals surface area contributed by atoms with Gasteiger partial charge in [-0.25, -0.2) is 4.98 Å². The highest BCUT2D eigenvalue weighted by Crippen LogP contribution is 2.13. The zero-order valence-electron chi connectivity index (χ0n) is 11.7. The van der Waals surface area contributed by atoms with Crippen molar-refractivity contribution in [2.75, 3.05) is 5.32 Å². The molecule has 1 amide bonds. The van der Waals surface area contributed by atoms with Gasteiger partial charge in [-0.1, -0.05) is 36.5 Å². The second-order valence-electron chi connectivity index (χ2n) is 4.85. The maximum Gasteiger partial charge on any atom is 0.244 e. The monoisotopic (exact) mass is 310 g/mol. The molecule has 3 aromatic rings. The van der Waals surface area contributed by atoms with Crippen LogP contribution in [0.25, 0.3) is 11.0 Å². The normalized spacial score (nSPS) is 10.5. The average Bonchev–Trinajstić information content (AvgIpc) is 2.91. The van der Waals surface area contributed by atoms with Crippen LogP contribution in [0.15, 0.2) is 54.9 Å². The molecular formula is C16H14N4OS. The Balaban J connectivity index is 1.75. The molecule has 3 N–H and O–H groups in total. The molecule has 0 spiro atoms. The largest absolute Gasteiger partial charge is 0.389 e. The third kappa shape index (κ3) is 2.96. The number of hydrogen-bond donors (Lipinski definition) is 2. The van der Waals surface area contributed by atoms with E-state index in [0.717, 1.165) is 16.6 Å². The van der Waals surface area contributed by atoms with Gasteiger partial charge < -0.3 is 15.6 Å². The Bertz CT molecular complexity index is 856. The summed E-state index contributed by atoms with van der Waals surface area (Å²) in [6.45, 7) is 0.192. The Morgan fingerprint density at radius 1 is 1.23 bits per heavy atom. The zero-order valence-corrected chi connectivity index (χ0v) is 12.5. The molecule has 0 aliphatic carbocycles. The van der Waals surface area contributed by atoms with E-state index >= 15 is 0 Å². The average molecular weight is 310 g/mol. The number of benzene rings is 2. The summed E-state index contributed by atoms with van der Waals surface area (Å²) in [5.74, 6) is -0.136. The highest BCUT2D eigenvalue weighted by atomic mass is 32.1. The van der Waals surface area contributed by atoms with Crippen LogP contribution in [0.5, 0.6) is 0 Å². The van der Waals surface area contributed by atoms with Gasteiger partial charge in [0.05, 0.1) is 17.4 Å². The van der Waals surface area contributed by atoms with Gasteiger partial charge in [0.25, 0.3) is 0 Å². The summed E-state index contributed by atoms with van der Waals surface area (Å²) in [6, 6.07) is 14.8. The van der Waals surface area contributed by atoms with Gasteiger partial charge in [0.15, 0.2) is 0 Å². The van der Waals surface area contributed by atoms with Crippen LogP contribution in [0.4, 0.5) is 5.69 Å². The lowest BCUT2D eigenvalue weighted by molar-refractivity contribution is -0.116. The number of carbonyl (C=O) groups excluding carboxylic acids is 1. The number of carbonyl (C=O) groups is 1. The van der Waals surface area contributed by atoms with Crippen LogP contribution in [0.2, 0.25) is 0 Å². The lowest BCUT2D eigenvalue weighted by atomic mass is 10.2. The quantitative estimate of drug-likeness (QED) is 0.725. The molecule has 5 nitrogen and oxygen atoms in total. The molecule has 0 aliphatic heterocycles. The predicted octanol–water partition coefficient (Wildman–Crippen LogP) is 2.31. The third-order valence-electron chi connectivity index (χ3n) is 3.27. The van der Waals surface area contributed by atoms with Gasteiger partial charge in [-0.05, 0) is 24.3 Å². The fourth-order valence-corrected chi connectivity index (χ4v) is 2.37. The highest BCUT2D eigenvalue weighted by molar-refractivity contribution is 7.80. The van der Waals surface area contributed by atoms with E-state index in [1.165, 1.54) is 0 Å². The summed E-state index contributed by atoms with van der Waals surface area (Å²) in [7, 11) is 0. The molecule has 2 aromatic carbocycles. The van der Waals surface area contributed by atoms with E-state index in [1.807, 2.05) is 28.8 Å². The number of fused-ring (bicyclic) bond motifs is 1. The summed E-state index contributed by atoms with van der Waals surface area (Å²) < 4.78 is 1.81. The van der Waals surface area contributed by atoms with Crippen LogP contribution >= 0.6 is 12.2 Å². The molecular weight excluding hydrogens is 296 g/mol. The van der Waals surface area contributed by atoms with Crippen molar-refractivity contribution in [3.63, 3.8) is 0 Å². The van der Waals surface area contributed by atoms with E-state index in [-0.39, 0.29) is 12.5 Å². The fraction of sp³-hybridized carbons (Fsp3) is 0.0625. The number of hydrogen-bond acceptors (Lipinski definition) is 3. The number of thiocarbonyl (C=S) groups is 1. The number of nitrogens with zero attached hydrogens (tertiary/aromatic N) is 2. The molecule has 110 valence electrons. The first-order chi connectivity index (χ1) is 10.6. The van der Waals surface area contributed by atoms with Gasteiger partial charge >= 0.3 is 0 Å². The van der Waals surface area contributed by atoms with Crippen molar-refractivity contribution in [1.29, 1.82) is 0 Å². The van der Waals surface area contributed by atoms with E-state index in [0.29, 0.717) is 10.7 Å². The number of nitrogens with one attached hydrogen (secondary N) is 1. The number of amides is 1. The highest BCUT2D eigenvalue weighted by Gasteiger charge is 2.08. The zero-order chi connectivity index (χ0) is 15.5. The van der Waals surface area contributed by atoms with E-state index < -0.39 is 0 Å².